The van der Waals surface area contributed by atoms with Gasteiger partial charge in [-0.25, -0.2) is 4.98 Å². The largest absolute Gasteiger partial charge is 0.364 e. The van der Waals surface area contributed by atoms with Crippen LogP contribution in [-0.2, 0) is 4.79 Å². The summed E-state index contributed by atoms with van der Waals surface area (Å²) in [6.45, 7) is 8.80. The molecule has 2 aliphatic heterocycles. The first kappa shape index (κ1) is 25.8. The second-order valence-corrected chi connectivity index (χ2v) is 8.88. The first-order valence-electron chi connectivity index (χ1n) is 12.0. The van der Waals surface area contributed by atoms with E-state index in [1.807, 2.05) is 63.3 Å². The Hall–Kier alpha value is -3.79. The summed E-state index contributed by atoms with van der Waals surface area (Å²) in [5.41, 5.74) is 2.85. The molecule has 1 atom stereocenters. The summed E-state index contributed by atoms with van der Waals surface area (Å²) in [6, 6.07) is 8.23. The van der Waals surface area contributed by atoms with Gasteiger partial charge in [0.25, 0.3) is 0 Å². The zero-order valence-corrected chi connectivity index (χ0v) is 21.2. The van der Waals surface area contributed by atoms with E-state index in [0.717, 1.165) is 59.9 Å². The third kappa shape index (κ3) is 6.21. The third-order valence-electron chi connectivity index (χ3n) is 6.09. The number of aromatic nitrogens is 2. The first-order chi connectivity index (χ1) is 16.9. The number of anilines is 2. The molecule has 184 valence electrons. The Balaban J connectivity index is 0.00000108. The highest BCUT2D eigenvalue weighted by Gasteiger charge is 2.26. The number of hydrogen-bond acceptors (Lipinski definition) is 6. The first-order valence-corrected chi connectivity index (χ1v) is 12.0. The molecule has 0 spiro atoms. The van der Waals surface area contributed by atoms with Crippen molar-refractivity contribution in [2.75, 3.05) is 37.0 Å². The summed E-state index contributed by atoms with van der Waals surface area (Å²) >= 11 is 0. The maximum atomic E-state index is 12.6. The highest BCUT2D eigenvalue weighted by molar-refractivity contribution is 5.90. The van der Waals surface area contributed by atoms with Gasteiger partial charge in [-0.3, -0.25) is 4.79 Å². The fourth-order valence-corrected chi connectivity index (χ4v) is 4.36. The Morgan fingerprint density at radius 2 is 1.97 bits per heavy atom. The Morgan fingerprint density at radius 1 is 1.29 bits per heavy atom. The molecule has 0 bridgehead atoms. The second-order valence-electron chi connectivity index (χ2n) is 8.88. The lowest BCUT2D eigenvalue weighted by Crippen LogP contribution is -2.45. The average Bonchev–Trinajstić information content (AvgIpc) is 3.25. The number of benzene rings is 1. The second kappa shape index (κ2) is 12.1. The van der Waals surface area contributed by atoms with Gasteiger partial charge in [0.15, 0.2) is 0 Å². The SMILES string of the molecule is C#CC1C(CC(=O)NC2CCN(c3nc(N(C)C)c4ccccc4n3)CC2)=CN/C1=C/C.C=CC. The molecule has 2 aliphatic rings. The van der Waals surface area contributed by atoms with Gasteiger partial charge in [0.2, 0.25) is 11.9 Å². The van der Waals surface area contributed by atoms with Crippen LogP contribution in [0.4, 0.5) is 11.8 Å². The van der Waals surface area contributed by atoms with Gasteiger partial charge in [0.05, 0.1) is 17.9 Å². The van der Waals surface area contributed by atoms with E-state index in [9.17, 15) is 4.79 Å². The van der Waals surface area contributed by atoms with E-state index in [-0.39, 0.29) is 17.9 Å². The summed E-state index contributed by atoms with van der Waals surface area (Å²) < 4.78 is 0. The normalized spacial score (nSPS) is 18.7. The molecule has 35 heavy (non-hydrogen) atoms. The van der Waals surface area contributed by atoms with Gasteiger partial charge >= 0.3 is 0 Å². The molecule has 2 N–H and O–H groups in total. The zero-order valence-electron chi connectivity index (χ0n) is 21.2. The van der Waals surface area contributed by atoms with Crippen molar-refractivity contribution >= 4 is 28.6 Å². The number of nitrogens with one attached hydrogen (secondary N) is 2. The van der Waals surface area contributed by atoms with E-state index in [1.165, 1.54) is 0 Å². The van der Waals surface area contributed by atoms with Crippen LogP contribution in [0.5, 0.6) is 0 Å². The van der Waals surface area contributed by atoms with Gasteiger partial charge in [0.1, 0.15) is 5.82 Å². The predicted octanol–water partition coefficient (Wildman–Crippen LogP) is 4.00. The van der Waals surface area contributed by atoms with Gasteiger partial charge in [-0.2, -0.15) is 4.98 Å². The molecule has 3 heterocycles. The third-order valence-corrected chi connectivity index (χ3v) is 6.09. The number of rotatable bonds is 5. The molecule has 1 aromatic carbocycles. The smallest absolute Gasteiger partial charge is 0.227 e. The molecular weight excluding hydrogens is 436 g/mol. The number of hydrogen-bond donors (Lipinski definition) is 2. The van der Waals surface area contributed by atoms with Crippen LogP contribution < -0.4 is 20.4 Å². The lowest BCUT2D eigenvalue weighted by molar-refractivity contribution is -0.121. The van der Waals surface area contributed by atoms with Crippen molar-refractivity contribution in [2.24, 2.45) is 5.92 Å². The molecule has 1 unspecified atom stereocenters. The predicted molar refractivity (Wildman–Crippen MR) is 145 cm³/mol. The monoisotopic (exact) mass is 472 g/mol. The Morgan fingerprint density at radius 3 is 2.60 bits per heavy atom. The van der Waals surface area contributed by atoms with E-state index >= 15 is 0 Å². The van der Waals surface area contributed by atoms with Crippen LogP contribution in [0, 0.1) is 18.3 Å². The van der Waals surface area contributed by atoms with Crippen molar-refractivity contribution in [3.8, 4) is 12.3 Å². The maximum Gasteiger partial charge on any atom is 0.227 e. The van der Waals surface area contributed by atoms with Crippen molar-refractivity contribution < 1.29 is 4.79 Å². The number of piperidine rings is 1. The molecule has 1 amide bonds. The minimum atomic E-state index is -0.136. The van der Waals surface area contributed by atoms with Crippen molar-refractivity contribution in [1.82, 2.24) is 20.6 Å². The van der Waals surface area contributed by atoms with E-state index < -0.39 is 0 Å². The molecule has 4 rings (SSSR count). The average molecular weight is 473 g/mol. The van der Waals surface area contributed by atoms with E-state index in [0.29, 0.717) is 6.42 Å². The summed E-state index contributed by atoms with van der Waals surface area (Å²) in [5, 5.41) is 7.40. The molecule has 0 aliphatic carbocycles. The number of para-hydroxylation sites is 1. The fourth-order valence-electron chi connectivity index (χ4n) is 4.36. The van der Waals surface area contributed by atoms with Crippen LogP contribution in [-0.4, -0.2) is 49.1 Å². The topological polar surface area (TPSA) is 73.4 Å². The molecule has 1 fully saturated rings. The highest BCUT2D eigenvalue weighted by atomic mass is 16.1. The van der Waals surface area contributed by atoms with Gasteiger partial charge in [-0.05, 0) is 44.4 Å². The Labute approximate surface area is 209 Å². The van der Waals surface area contributed by atoms with Crippen LogP contribution in [0.15, 0.2) is 60.5 Å². The summed E-state index contributed by atoms with van der Waals surface area (Å²) in [5.74, 6) is 4.32. The lowest BCUT2D eigenvalue weighted by atomic mass is 9.96. The molecular formula is C28H36N6O. The number of amides is 1. The molecule has 0 radical (unpaired) electrons. The molecule has 7 heteroatoms. The minimum Gasteiger partial charge on any atom is -0.364 e. The van der Waals surface area contributed by atoms with Gasteiger partial charge in [-0.15, -0.1) is 13.0 Å². The molecule has 7 nitrogen and oxygen atoms in total. The Bertz CT molecular complexity index is 1150. The van der Waals surface area contributed by atoms with Crippen molar-refractivity contribution in [1.29, 1.82) is 0 Å². The number of nitrogens with zero attached hydrogens (tertiary/aromatic N) is 4. The molecule has 2 aromatic rings. The number of carbonyl (C=O) groups is 1. The summed E-state index contributed by atoms with van der Waals surface area (Å²) in [6.07, 6.45) is 13.3. The number of fused-ring (bicyclic) bond motifs is 1. The number of terminal acetylenes is 1. The van der Waals surface area contributed by atoms with Crippen LogP contribution in [0.2, 0.25) is 0 Å². The zero-order chi connectivity index (χ0) is 25.4. The van der Waals surface area contributed by atoms with Crippen LogP contribution >= 0.6 is 0 Å². The molecule has 1 saturated heterocycles. The maximum absolute atomic E-state index is 12.6. The minimum absolute atomic E-state index is 0.0194. The molecule has 1 aromatic heterocycles. The van der Waals surface area contributed by atoms with Crippen LogP contribution in [0.25, 0.3) is 10.9 Å². The number of carbonyl (C=O) groups excluding carboxylic acids is 1. The number of allylic oxidation sites excluding steroid dienone is 3. The van der Waals surface area contributed by atoms with Crippen molar-refractivity contribution in [3.05, 3.63) is 60.5 Å². The lowest BCUT2D eigenvalue weighted by Gasteiger charge is -2.33. The fraction of sp³-hybridized carbons (Fsp3) is 0.393. The summed E-state index contributed by atoms with van der Waals surface area (Å²) in [7, 11) is 4.00. The standard InChI is InChI=1S/C25H30N6O.C3H6/c1-5-19-17(16-26-21(19)6-2)15-23(32)27-18-11-13-31(14-12-18)25-28-22-10-8-7-9-20(22)24(29-25)30(3)4;1-3-2/h1,6-10,16,18-19,26H,11-15H2,2-4H3,(H,27,32);3H,1H2,2H3/b21-6+;. The van der Waals surface area contributed by atoms with E-state index in [4.69, 9.17) is 16.4 Å². The van der Waals surface area contributed by atoms with E-state index in [1.54, 1.807) is 6.08 Å². The van der Waals surface area contributed by atoms with Gasteiger partial charge < -0.3 is 20.4 Å². The summed E-state index contributed by atoms with van der Waals surface area (Å²) in [4.78, 5) is 26.5. The Kier molecular flexibility index (Phi) is 8.91. The van der Waals surface area contributed by atoms with Crippen molar-refractivity contribution in [3.63, 3.8) is 0 Å². The van der Waals surface area contributed by atoms with E-state index in [2.05, 4.69) is 34.1 Å². The highest BCUT2D eigenvalue weighted by Crippen LogP contribution is 2.28. The molecule has 0 saturated carbocycles. The van der Waals surface area contributed by atoms with Gasteiger partial charge in [-0.1, -0.05) is 30.2 Å². The quantitative estimate of drug-likeness (QED) is 0.506. The van der Waals surface area contributed by atoms with Crippen molar-refractivity contribution in [2.45, 2.75) is 39.2 Å². The van der Waals surface area contributed by atoms with Crippen LogP contribution in [0.3, 0.4) is 0 Å². The van der Waals surface area contributed by atoms with Gasteiger partial charge in [0, 0.05) is 50.5 Å². The van der Waals surface area contributed by atoms with Crippen LogP contribution in [0.1, 0.15) is 33.1 Å².